The second-order valence-electron chi connectivity index (χ2n) is 15.2. The van der Waals surface area contributed by atoms with Crippen LogP contribution in [0.15, 0.2) is 0 Å². The first kappa shape index (κ1) is 42.8. The maximum atomic E-state index is 13.9. The Balaban J connectivity index is 3.84. The van der Waals surface area contributed by atoms with Crippen molar-refractivity contribution in [3.05, 3.63) is 0 Å². The molecule has 1 fully saturated rings. The lowest BCUT2D eigenvalue weighted by Crippen LogP contribution is -2.63. The van der Waals surface area contributed by atoms with Gasteiger partial charge in [-0.1, -0.05) is 102 Å². The largest absolute Gasteiger partial charge is 0.343 e. The van der Waals surface area contributed by atoms with Crippen molar-refractivity contribution in [3.63, 3.8) is 0 Å². The number of hydrogen-bond acceptors (Lipinski definition) is 6. The molecule has 0 aromatic heterocycles. The molecule has 0 aromatic carbocycles. The Hall–Kier alpha value is -3.18. The maximum absolute atomic E-state index is 13.9. The quantitative estimate of drug-likeness (QED) is 0.185. The lowest BCUT2D eigenvalue weighted by atomic mass is 9.93. The average Bonchev–Trinajstić information content (AvgIpc) is 3.01. The molecule has 9 atom stereocenters. The summed E-state index contributed by atoms with van der Waals surface area (Å²) in [5.41, 5.74) is 0. The number of hydrogen-bond donors (Lipinski definition) is 6. The van der Waals surface area contributed by atoms with Crippen LogP contribution in [0.1, 0.15) is 122 Å². The summed E-state index contributed by atoms with van der Waals surface area (Å²) >= 11 is 0. The van der Waals surface area contributed by atoms with Gasteiger partial charge in [-0.2, -0.15) is 0 Å². The van der Waals surface area contributed by atoms with Gasteiger partial charge < -0.3 is 31.9 Å². The number of carbonyl (C=O) groups is 6. The minimum Gasteiger partial charge on any atom is -0.343 e. The fourth-order valence-electron chi connectivity index (χ4n) is 5.76. The van der Waals surface area contributed by atoms with E-state index in [2.05, 4.69) is 31.9 Å². The third-order valence-corrected chi connectivity index (χ3v) is 9.40. The maximum Gasteiger partial charge on any atom is 0.243 e. The van der Waals surface area contributed by atoms with Crippen LogP contribution in [0.25, 0.3) is 0 Å². The normalized spacial score (nSPS) is 27.6. The highest BCUT2D eigenvalue weighted by Gasteiger charge is 2.38. The molecule has 0 aliphatic carbocycles. The summed E-state index contributed by atoms with van der Waals surface area (Å²) in [5, 5.41) is 17.2. The summed E-state index contributed by atoms with van der Waals surface area (Å²) < 4.78 is 0. The molecule has 0 saturated carbocycles. The van der Waals surface area contributed by atoms with Crippen molar-refractivity contribution in [3.8, 4) is 0 Å². The van der Waals surface area contributed by atoms with Crippen molar-refractivity contribution in [1.29, 1.82) is 0 Å². The molecule has 1 aliphatic heterocycles. The lowest BCUT2D eigenvalue weighted by Gasteiger charge is -2.33. The zero-order valence-electron chi connectivity index (χ0n) is 31.6. The first-order valence-electron chi connectivity index (χ1n) is 18.2. The molecule has 0 spiro atoms. The molecule has 6 amide bonds. The van der Waals surface area contributed by atoms with E-state index in [0.717, 1.165) is 0 Å². The third-order valence-electron chi connectivity index (χ3n) is 9.40. The van der Waals surface area contributed by atoms with Gasteiger partial charge in [0, 0.05) is 0 Å². The zero-order chi connectivity index (χ0) is 36.9. The van der Waals surface area contributed by atoms with Gasteiger partial charge >= 0.3 is 0 Å². The van der Waals surface area contributed by atoms with E-state index in [1.54, 1.807) is 0 Å². The number of nitrogens with one attached hydrogen (secondary N) is 6. The van der Waals surface area contributed by atoms with Gasteiger partial charge in [0.05, 0.1) is 0 Å². The fraction of sp³-hybridized carbons (Fsp3) is 0.833. The molecule has 1 rings (SSSR count). The van der Waals surface area contributed by atoms with Gasteiger partial charge in [0.1, 0.15) is 36.3 Å². The second-order valence-corrected chi connectivity index (χ2v) is 15.2. The van der Waals surface area contributed by atoms with Crippen molar-refractivity contribution in [2.75, 3.05) is 0 Å². The molecular weight excluding hydrogens is 612 g/mol. The molecule has 0 bridgehead atoms. The first-order chi connectivity index (χ1) is 22.4. The molecule has 12 heteroatoms. The molecular formula is C36H66N6O6. The molecule has 1 heterocycles. The topological polar surface area (TPSA) is 175 Å². The molecule has 1 saturated heterocycles. The van der Waals surface area contributed by atoms with Gasteiger partial charge in [0.15, 0.2) is 0 Å². The van der Waals surface area contributed by atoms with E-state index >= 15 is 0 Å². The summed E-state index contributed by atoms with van der Waals surface area (Å²) in [7, 11) is 0. The summed E-state index contributed by atoms with van der Waals surface area (Å²) in [6.45, 7) is 22.8. The van der Waals surface area contributed by atoms with Gasteiger partial charge in [-0.25, -0.2) is 0 Å². The van der Waals surface area contributed by atoms with E-state index in [1.165, 1.54) is 0 Å². The van der Waals surface area contributed by atoms with Crippen LogP contribution in [0.2, 0.25) is 0 Å². The minimum absolute atomic E-state index is 0.0225. The minimum atomic E-state index is -0.982. The van der Waals surface area contributed by atoms with Crippen molar-refractivity contribution in [2.24, 2.45) is 35.5 Å². The molecule has 276 valence electrons. The van der Waals surface area contributed by atoms with E-state index < -0.39 is 71.7 Å². The molecule has 1 aliphatic rings. The van der Waals surface area contributed by atoms with Gasteiger partial charge in [0.25, 0.3) is 0 Å². The van der Waals surface area contributed by atoms with Gasteiger partial charge in [-0.05, 0) is 54.8 Å². The Morgan fingerprint density at radius 1 is 0.375 bits per heavy atom. The molecule has 6 N–H and O–H groups in total. The third kappa shape index (κ3) is 13.4. The van der Waals surface area contributed by atoms with E-state index in [9.17, 15) is 28.8 Å². The average molecular weight is 679 g/mol. The zero-order valence-corrected chi connectivity index (χ0v) is 31.6. The Bertz CT molecular complexity index is 1090. The van der Waals surface area contributed by atoms with Crippen molar-refractivity contribution in [2.45, 2.75) is 158 Å². The first-order valence-corrected chi connectivity index (χ1v) is 18.2. The Morgan fingerprint density at radius 3 is 0.833 bits per heavy atom. The SMILES string of the molecule is CC[C@H](C)[C@@H]1NC(=O)[C@@H](CC(C)C)NC(=O)[C@H](CC(C)C)NC(=O)[C@H]([C@@H](C)CC)NC(=O)[C@@H]([C@@H](C)CC)NC(=O)[C@H](CC(C)C)NC1=O. The van der Waals surface area contributed by atoms with E-state index in [0.29, 0.717) is 38.5 Å². The molecule has 0 aromatic rings. The summed E-state index contributed by atoms with van der Waals surface area (Å²) in [6, 6.07) is -5.87. The smallest absolute Gasteiger partial charge is 0.243 e. The van der Waals surface area contributed by atoms with Crippen LogP contribution in [0, 0.1) is 35.5 Å². The standard InChI is InChI=1S/C36H66N6O6/c1-13-22(10)28-34(46)39-27(18-21(8)9)33(45)41-30(24(12)15-3)36(48)42-29(23(11)14-2)35(47)38-25(16-19(4)5)31(43)37-26(17-20(6)7)32(44)40-28/h19-30H,13-18H2,1-12H3,(H,37,43)(H,38,47)(H,39,46)(H,40,44)(H,41,45)(H,42,48)/t22-,23-,24-,25-,26+,27-,28-,29-,30+/m0/s1. The number of carbonyl (C=O) groups excluding carboxylic acids is 6. The lowest BCUT2D eigenvalue weighted by molar-refractivity contribution is -0.138. The molecule has 0 radical (unpaired) electrons. The van der Waals surface area contributed by atoms with Crippen molar-refractivity contribution < 1.29 is 28.8 Å². The highest BCUT2D eigenvalue weighted by Crippen LogP contribution is 2.17. The van der Waals surface area contributed by atoms with Crippen LogP contribution >= 0.6 is 0 Å². The van der Waals surface area contributed by atoms with E-state index in [4.69, 9.17) is 0 Å². The number of amides is 6. The number of rotatable bonds is 12. The highest BCUT2D eigenvalue weighted by atomic mass is 16.2. The van der Waals surface area contributed by atoms with Gasteiger partial charge in [-0.3, -0.25) is 28.8 Å². The van der Waals surface area contributed by atoms with Crippen LogP contribution < -0.4 is 31.9 Å². The molecule has 0 unspecified atom stereocenters. The van der Waals surface area contributed by atoms with Gasteiger partial charge in [-0.15, -0.1) is 0 Å². The molecule has 12 nitrogen and oxygen atoms in total. The predicted molar refractivity (Wildman–Crippen MR) is 188 cm³/mol. The van der Waals surface area contributed by atoms with Crippen LogP contribution in [0.3, 0.4) is 0 Å². The summed E-state index contributed by atoms with van der Waals surface area (Å²) in [6.07, 6.45) is 2.60. The van der Waals surface area contributed by atoms with Crippen LogP contribution in [-0.2, 0) is 28.8 Å². The Labute approximate surface area is 289 Å². The fourth-order valence-corrected chi connectivity index (χ4v) is 5.76. The Kier molecular flexibility index (Phi) is 18.2. The van der Waals surface area contributed by atoms with Crippen molar-refractivity contribution in [1.82, 2.24) is 31.9 Å². The highest BCUT2D eigenvalue weighted by molar-refractivity contribution is 5.98. The van der Waals surface area contributed by atoms with Crippen LogP contribution in [0.5, 0.6) is 0 Å². The van der Waals surface area contributed by atoms with Gasteiger partial charge in [0.2, 0.25) is 35.4 Å². The monoisotopic (exact) mass is 679 g/mol. The molecule has 48 heavy (non-hydrogen) atoms. The van der Waals surface area contributed by atoms with Crippen molar-refractivity contribution >= 4 is 35.4 Å². The Morgan fingerprint density at radius 2 is 0.583 bits per heavy atom. The van der Waals surface area contributed by atoms with Crippen LogP contribution in [0.4, 0.5) is 0 Å². The van der Waals surface area contributed by atoms with E-state index in [1.807, 2.05) is 83.1 Å². The summed E-state index contributed by atoms with van der Waals surface area (Å²) in [4.78, 5) is 83.1. The summed E-state index contributed by atoms with van der Waals surface area (Å²) in [5.74, 6) is -3.89. The van der Waals surface area contributed by atoms with Crippen LogP contribution in [-0.4, -0.2) is 71.7 Å². The second kappa shape index (κ2) is 20.4. The van der Waals surface area contributed by atoms with E-state index in [-0.39, 0.29) is 35.5 Å². The predicted octanol–water partition coefficient (Wildman–Crippen LogP) is 3.19.